The zero-order chi connectivity index (χ0) is 15.7. The van der Waals surface area contributed by atoms with E-state index < -0.39 is 0 Å². The highest BCUT2D eigenvalue weighted by Crippen LogP contribution is 2.63. The third kappa shape index (κ3) is 1.59. The van der Waals surface area contributed by atoms with Gasteiger partial charge < -0.3 is 9.84 Å². The first kappa shape index (κ1) is 14.3. The van der Waals surface area contributed by atoms with Crippen LogP contribution in [0.15, 0.2) is 11.3 Å². The number of ketones is 1. The molecule has 0 aromatic carbocycles. The van der Waals surface area contributed by atoms with Crippen LogP contribution in [-0.2, 0) is 14.3 Å². The smallest absolute Gasteiger partial charge is 0.312 e. The minimum absolute atomic E-state index is 0.0240. The van der Waals surface area contributed by atoms with Gasteiger partial charge in [0.05, 0.1) is 12.0 Å². The van der Waals surface area contributed by atoms with Gasteiger partial charge >= 0.3 is 5.97 Å². The van der Waals surface area contributed by atoms with Crippen LogP contribution in [-0.4, -0.2) is 23.5 Å². The molecule has 120 valence electrons. The lowest BCUT2D eigenvalue weighted by atomic mass is 9.47. The van der Waals surface area contributed by atoms with Crippen LogP contribution in [0, 0.1) is 28.6 Å². The van der Waals surface area contributed by atoms with E-state index in [9.17, 15) is 14.7 Å². The third-order valence-corrected chi connectivity index (χ3v) is 7.34. The fourth-order valence-electron chi connectivity index (χ4n) is 5.90. The zero-order valence-electron chi connectivity index (χ0n) is 13.4. The number of fused-ring (bicyclic) bond motifs is 5. The first-order chi connectivity index (χ1) is 10.4. The van der Waals surface area contributed by atoms with Crippen molar-refractivity contribution in [1.82, 2.24) is 0 Å². The van der Waals surface area contributed by atoms with Gasteiger partial charge in [-0.15, -0.1) is 0 Å². The van der Waals surface area contributed by atoms with E-state index >= 15 is 0 Å². The summed E-state index contributed by atoms with van der Waals surface area (Å²) in [7, 11) is 0. The molecule has 0 amide bonds. The minimum atomic E-state index is -0.314. The van der Waals surface area contributed by atoms with E-state index in [1.165, 1.54) is 0 Å². The second kappa shape index (κ2) is 4.36. The predicted molar refractivity (Wildman–Crippen MR) is 80.0 cm³/mol. The Morgan fingerprint density at radius 3 is 2.59 bits per heavy atom. The Morgan fingerprint density at radius 1 is 1.05 bits per heavy atom. The minimum Gasteiger partial charge on any atom is -0.504 e. The summed E-state index contributed by atoms with van der Waals surface area (Å²) in [6.45, 7) is 4.84. The van der Waals surface area contributed by atoms with Gasteiger partial charge in [0.1, 0.15) is 0 Å². The molecule has 1 heterocycles. The number of ether oxygens (including phenoxy) is 1. The summed E-state index contributed by atoms with van der Waals surface area (Å²) < 4.78 is 5.40. The van der Waals surface area contributed by atoms with Crippen LogP contribution in [0.5, 0.6) is 0 Å². The first-order valence-corrected chi connectivity index (χ1v) is 8.51. The van der Waals surface area contributed by atoms with Crippen molar-refractivity contribution in [2.75, 3.05) is 6.61 Å². The molecule has 3 fully saturated rings. The summed E-state index contributed by atoms with van der Waals surface area (Å²) in [5.74, 6) is 1.16. The maximum absolute atomic E-state index is 12.1. The number of esters is 1. The molecule has 0 bridgehead atoms. The Hall–Kier alpha value is -1.32. The zero-order valence-corrected chi connectivity index (χ0v) is 13.4. The van der Waals surface area contributed by atoms with E-state index in [2.05, 4.69) is 13.8 Å². The number of allylic oxidation sites excluding steroid dienone is 2. The molecule has 22 heavy (non-hydrogen) atoms. The van der Waals surface area contributed by atoms with Crippen LogP contribution in [0.3, 0.4) is 0 Å². The molecular formula is C18H24O4. The summed E-state index contributed by atoms with van der Waals surface area (Å²) in [5, 5.41) is 10.3. The second-order valence-electron chi connectivity index (χ2n) is 8.14. The Bertz CT molecular complexity index is 592. The Labute approximate surface area is 130 Å². The van der Waals surface area contributed by atoms with Gasteiger partial charge in [-0.25, -0.2) is 0 Å². The van der Waals surface area contributed by atoms with Crippen LogP contribution in [0.1, 0.15) is 52.4 Å². The van der Waals surface area contributed by atoms with Crippen molar-refractivity contribution in [1.29, 1.82) is 0 Å². The van der Waals surface area contributed by atoms with Crippen molar-refractivity contribution in [3.63, 3.8) is 0 Å². The standard InChI is InChI=1S/C18H24O4/c1-17-8-6-14(19)15(20)12(17)4-3-10-11(17)5-7-18(2)13(10)9-22-16(18)21/h10-11,13,20H,3-9H2,1-2H3/t10-,11+,13+,17-,18+/m1/s1. The van der Waals surface area contributed by atoms with Gasteiger partial charge in [0.25, 0.3) is 0 Å². The van der Waals surface area contributed by atoms with Crippen molar-refractivity contribution >= 4 is 11.8 Å². The summed E-state index contributed by atoms with van der Waals surface area (Å²) in [6.07, 6.45) is 4.90. The number of aliphatic hydroxyl groups is 1. The van der Waals surface area contributed by atoms with Crippen LogP contribution < -0.4 is 0 Å². The van der Waals surface area contributed by atoms with Gasteiger partial charge in [-0.05, 0) is 61.9 Å². The maximum atomic E-state index is 12.1. The molecule has 1 saturated heterocycles. The lowest BCUT2D eigenvalue weighted by Crippen LogP contribution is -2.51. The maximum Gasteiger partial charge on any atom is 0.312 e. The quantitative estimate of drug-likeness (QED) is 0.698. The molecule has 2 saturated carbocycles. The summed E-state index contributed by atoms with van der Waals surface area (Å²) in [6, 6.07) is 0. The number of carbonyl (C=O) groups is 2. The summed E-state index contributed by atoms with van der Waals surface area (Å²) in [4.78, 5) is 24.0. The Kier molecular flexibility index (Phi) is 2.83. The molecule has 5 atom stereocenters. The molecular weight excluding hydrogens is 280 g/mol. The van der Waals surface area contributed by atoms with Crippen LogP contribution in [0.4, 0.5) is 0 Å². The van der Waals surface area contributed by atoms with Gasteiger partial charge in [-0.2, -0.15) is 0 Å². The molecule has 0 unspecified atom stereocenters. The fraction of sp³-hybridized carbons (Fsp3) is 0.778. The van der Waals surface area contributed by atoms with Crippen LogP contribution in [0.25, 0.3) is 0 Å². The van der Waals surface area contributed by atoms with Crippen LogP contribution in [0.2, 0.25) is 0 Å². The number of hydrogen-bond acceptors (Lipinski definition) is 4. The van der Waals surface area contributed by atoms with Crippen molar-refractivity contribution in [3.8, 4) is 0 Å². The molecule has 1 N–H and O–H groups in total. The van der Waals surface area contributed by atoms with Gasteiger partial charge in [0.15, 0.2) is 11.5 Å². The van der Waals surface area contributed by atoms with Gasteiger partial charge in [0.2, 0.25) is 0 Å². The van der Waals surface area contributed by atoms with Gasteiger partial charge in [-0.3, -0.25) is 9.59 Å². The molecule has 4 rings (SSSR count). The lowest BCUT2D eigenvalue weighted by Gasteiger charge is -2.55. The number of carbonyl (C=O) groups excluding carboxylic acids is 2. The predicted octanol–water partition coefficient (Wildman–Crippen LogP) is 3.17. The molecule has 0 radical (unpaired) electrons. The van der Waals surface area contributed by atoms with Crippen molar-refractivity contribution in [2.45, 2.75) is 52.4 Å². The van der Waals surface area contributed by atoms with Gasteiger partial charge in [-0.1, -0.05) is 6.92 Å². The van der Waals surface area contributed by atoms with E-state index in [1.807, 2.05) is 0 Å². The van der Waals surface area contributed by atoms with Crippen molar-refractivity contribution < 1.29 is 19.4 Å². The highest BCUT2D eigenvalue weighted by atomic mass is 16.5. The highest BCUT2D eigenvalue weighted by molar-refractivity contribution is 5.95. The molecule has 4 nitrogen and oxygen atoms in total. The van der Waals surface area contributed by atoms with E-state index in [0.29, 0.717) is 30.8 Å². The van der Waals surface area contributed by atoms with Crippen molar-refractivity contribution in [2.24, 2.45) is 28.6 Å². The summed E-state index contributed by atoms with van der Waals surface area (Å²) in [5.41, 5.74) is 0.595. The average Bonchev–Trinajstić information content (AvgIpc) is 2.79. The molecule has 0 aromatic rings. The topological polar surface area (TPSA) is 63.6 Å². The number of aliphatic hydroxyl groups excluding tert-OH is 1. The van der Waals surface area contributed by atoms with Crippen molar-refractivity contribution in [3.05, 3.63) is 11.3 Å². The van der Waals surface area contributed by atoms with Gasteiger partial charge in [0, 0.05) is 12.3 Å². The number of Topliss-reactive ketones (excluding diaryl/α,β-unsaturated/α-hetero) is 1. The molecule has 3 aliphatic carbocycles. The number of rotatable bonds is 0. The van der Waals surface area contributed by atoms with E-state index in [1.54, 1.807) is 0 Å². The molecule has 0 aromatic heterocycles. The fourth-order valence-corrected chi connectivity index (χ4v) is 5.90. The molecule has 4 aliphatic rings. The highest BCUT2D eigenvalue weighted by Gasteiger charge is 2.61. The van der Waals surface area contributed by atoms with E-state index in [0.717, 1.165) is 37.7 Å². The normalized spacial score (nSPS) is 47.6. The number of hydrogen-bond donors (Lipinski definition) is 1. The summed E-state index contributed by atoms with van der Waals surface area (Å²) >= 11 is 0. The molecule has 4 heteroatoms. The molecule has 1 aliphatic heterocycles. The monoisotopic (exact) mass is 304 g/mol. The lowest BCUT2D eigenvalue weighted by molar-refractivity contribution is -0.148. The Balaban J connectivity index is 1.73. The second-order valence-corrected chi connectivity index (χ2v) is 8.14. The van der Waals surface area contributed by atoms with Crippen LogP contribution >= 0.6 is 0 Å². The number of cyclic esters (lactones) is 1. The SMILES string of the molecule is C[C@]12CCC(=O)C(O)=C1CC[C@@H]1[C@@H]2CC[C@]2(C)C(=O)OC[C@@H]12. The first-order valence-electron chi connectivity index (χ1n) is 8.51. The largest absolute Gasteiger partial charge is 0.504 e. The van der Waals surface area contributed by atoms with E-state index in [-0.39, 0.29) is 28.3 Å². The molecule has 0 spiro atoms. The van der Waals surface area contributed by atoms with E-state index in [4.69, 9.17) is 4.74 Å². The Morgan fingerprint density at radius 2 is 1.82 bits per heavy atom. The average molecular weight is 304 g/mol. The third-order valence-electron chi connectivity index (χ3n) is 7.34.